The van der Waals surface area contributed by atoms with E-state index >= 15 is 0 Å². The molecule has 2 aliphatic rings. The first-order valence-corrected chi connectivity index (χ1v) is 15.5. The third-order valence-corrected chi connectivity index (χ3v) is 8.74. The number of hydrogen-bond acceptors (Lipinski definition) is 8. The maximum atomic E-state index is 11.1. The van der Waals surface area contributed by atoms with E-state index in [1.54, 1.807) is 11.3 Å². The number of aromatic nitrogens is 2. The van der Waals surface area contributed by atoms with E-state index in [1.165, 1.54) is 0 Å². The molecule has 0 unspecified atom stereocenters. The van der Waals surface area contributed by atoms with Gasteiger partial charge in [0.1, 0.15) is 11.3 Å². The van der Waals surface area contributed by atoms with Crippen molar-refractivity contribution < 1.29 is 23.1 Å². The van der Waals surface area contributed by atoms with Gasteiger partial charge in [-0.15, -0.1) is 11.3 Å². The van der Waals surface area contributed by atoms with Crippen LogP contribution in [0.2, 0.25) is 0 Å². The molecule has 38 heavy (non-hydrogen) atoms. The number of Topliss-reactive ketones (excluding diaryl/α,β-unsaturated/α-hetero) is 1. The molecule has 208 valence electrons. The molecule has 0 bridgehead atoms. The minimum absolute atomic E-state index is 0.00231. The second-order valence-corrected chi connectivity index (χ2v) is 13.5. The number of carbonyl (C=O) groups excluding carboxylic acids is 1. The van der Waals surface area contributed by atoms with Crippen molar-refractivity contribution in [2.24, 2.45) is 5.92 Å². The summed E-state index contributed by atoms with van der Waals surface area (Å²) in [7, 11) is -2.94. The molecule has 2 fully saturated rings. The molecule has 2 N–H and O–H groups in total. The summed E-state index contributed by atoms with van der Waals surface area (Å²) in [6.45, 7) is 11.3. The number of thiophene rings is 1. The third kappa shape index (κ3) is 8.56. The number of para-hydroxylation sites is 2. The van der Waals surface area contributed by atoms with Gasteiger partial charge in [-0.2, -0.15) is 0 Å². The molecule has 2 aliphatic carbocycles. The number of fused-ring (bicyclic) bond motifs is 1. The Bertz CT molecular complexity index is 1310. The lowest BCUT2D eigenvalue weighted by Crippen LogP contribution is -2.32. The van der Waals surface area contributed by atoms with Gasteiger partial charge in [0.05, 0.1) is 27.3 Å². The summed E-state index contributed by atoms with van der Waals surface area (Å²) in [5.74, 6) is 0.594. The van der Waals surface area contributed by atoms with Crippen LogP contribution >= 0.6 is 11.3 Å². The van der Waals surface area contributed by atoms with E-state index in [1.807, 2.05) is 83.3 Å². The van der Waals surface area contributed by atoms with E-state index in [0.717, 1.165) is 34.4 Å². The predicted octanol–water partition coefficient (Wildman–Crippen LogP) is 5.36. The summed E-state index contributed by atoms with van der Waals surface area (Å²) in [5.41, 5.74) is 1.66. The molecular formula is C28H39N3O5S2. The normalized spacial score (nSPS) is 16.1. The van der Waals surface area contributed by atoms with E-state index in [-0.39, 0.29) is 29.1 Å². The Hall–Kier alpha value is -2.40. The van der Waals surface area contributed by atoms with Crippen LogP contribution in [0.5, 0.6) is 5.88 Å². The third-order valence-electron chi connectivity index (χ3n) is 5.71. The maximum absolute atomic E-state index is 11.1. The lowest BCUT2D eigenvalue weighted by molar-refractivity contribution is -0.132. The van der Waals surface area contributed by atoms with Gasteiger partial charge in [0.25, 0.3) is 0 Å². The highest BCUT2D eigenvalue weighted by Gasteiger charge is 2.48. The molecule has 10 heteroatoms. The predicted molar refractivity (Wildman–Crippen MR) is 153 cm³/mol. The summed E-state index contributed by atoms with van der Waals surface area (Å²) < 4.78 is 30.5. The molecule has 2 saturated carbocycles. The summed E-state index contributed by atoms with van der Waals surface area (Å²) in [5, 5.41) is 11.2. The summed E-state index contributed by atoms with van der Waals surface area (Å²) in [6, 6.07) is 11.9. The Morgan fingerprint density at radius 3 is 2.05 bits per heavy atom. The highest BCUT2D eigenvalue weighted by atomic mass is 32.2. The van der Waals surface area contributed by atoms with Crippen molar-refractivity contribution in [2.75, 3.05) is 0 Å². The largest absolute Gasteiger partial charge is 0.473 e. The van der Waals surface area contributed by atoms with E-state index < -0.39 is 15.6 Å². The number of ketones is 1. The number of benzene rings is 1. The molecule has 0 radical (unpaired) electrons. The second-order valence-electron chi connectivity index (χ2n) is 10.6. The fraction of sp³-hybridized carbons (Fsp3) is 0.536. The zero-order valence-electron chi connectivity index (χ0n) is 23.0. The van der Waals surface area contributed by atoms with Crippen molar-refractivity contribution in [2.45, 2.75) is 90.2 Å². The zero-order chi connectivity index (χ0) is 28.1. The Balaban J connectivity index is 0.000000177. The van der Waals surface area contributed by atoms with Gasteiger partial charge in [-0.25, -0.2) is 23.1 Å². The topological polar surface area (TPSA) is 118 Å². The molecule has 3 aromatic rings. The van der Waals surface area contributed by atoms with Crippen molar-refractivity contribution in [1.29, 1.82) is 0 Å². The van der Waals surface area contributed by atoms with E-state index in [2.05, 4.69) is 9.71 Å². The monoisotopic (exact) mass is 561 g/mol. The average molecular weight is 562 g/mol. The number of sulfonamides is 1. The maximum Gasteiger partial charge on any atom is 0.242 e. The van der Waals surface area contributed by atoms with Gasteiger partial charge in [0, 0.05) is 12.0 Å². The van der Waals surface area contributed by atoms with Gasteiger partial charge in [-0.3, -0.25) is 4.79 Å². The van der Waals surface area contributed by atoms with Crippen molar-refractivity contribution in [1.82, 2.24) is 14.7 Å². The first kappa shape index (κ1) is 30.1. The summed E-state index contributed by atoms with van der Waals surface area (Å²) in [6.07, 6.45) is 3.09. The number of ether oxygens (including phenoxy) is 1. The minimum Gasteiger partial charge on any atom is -0.473 e. The number of hydrogen-bond donors (Lipinski definition) is 2. The number of rotatable bonds is 8. The van der Waals surface area contributed by atoms with Crippen molar-refractivity contribution >= 4 is 38.2 Å². The number of nitrogens with one attached hydrogen (secondary N) is 1. The van der Waals surface area contributed by atoms with Crippen LogP contribution in [-0.2, 0) is 14.8 Å². The van der Waals surface area contributed by atoms with E-state index in [0.29, 0.717) is 18.7 Å². The SMILES string of the molecule is CC(C)C(=O)C1(O)CC1.CC(C)NS(=O)(=O)C1CC1.CC(C)Oc1nc2ccccc2nc1-c1cccs1. The first-order valence-electron chi connectivity index (χ1n) is 13.1. The molecule has 0 atom stereocenters. The van der Waals surface area contributed by atoms with Crippen LogP contribution in [0.4, 0.5) is 0 Å². The van der Waals surface area contributed by atoms with Crippen LogP contribution in [-0.4, -0.2) is 52.3 Å². The Morgan fingerprint density at radius 1 is 1.03 bits per heavy atom. The van der Waals surface area contributed by atoms with Gasteiger partial charge in [0.15, 0.2) is 5.78 Å². The highest BCUT2D eigenvalue weighted by Crippen LogP contribution is 2.37. The van der Waals surface area contributed by atoms with Gasteiger partial charge >= 0.3 is 0 Å². The zero-order valence-corrected chi connectivity index (χ0v) is 24.6. The van der Waals surface area contributed by atoms with Crippen LogP contribution in [0.1, 0.15) is 67.2 Å². The van der Waals surface area contributed by atoms with Gasteiger partial charge in [-0.05, 0) is 77.0 Å². The van der Waals surface area contributed by atoms with Crippen LogP contribution in [0.3, 0.4) is 0 Å². The van der Waals surface area contributed by atoms with E-state index in [9.17, 15) is 18.3 Å². The molecular weight excluding hydrogens is 522 g/mol. The number of aliphatic hydroxyl groups is 1. The Labute approximate surface area is 229 Å². The Morgan fingerprint density at radius 2 is 1.63 bits per heavy atom. The summed E-state index contributed by atoms with van der Waals surface area (Å²) in [4.78, 5) is 21.3. The quantitative estimate of drug-likeness (QED) is 0.380. The fourth-order valence-corrected chi connectivity index (χ4v) is 5.88. The van der Waals surface area contributed by atoms with Crippen LogP contribution in [0, 0.1) is 5.92 Å². The highest BCUT2D eigenvalue weighted by molar-refractivity contribution is 7.90. The van der Waals surface area contributed by atoms with E-state index in [4.69, 9.17) is 9.72 Å². The molecule has 0 aliphatic heterocycles. The molecule has 8 nitrogen and oxygen atoms in total. The van der Waals surface area contributed by atoms with Crippen molar-refractivity contribution in [3.05, 3.63) is 41.8 Å². The van der Waals surface area contributed by atoms with Crippen molar-refractivity contribution in [3.8, 4) is 16.5 Å². The molecule has 0 spiro atoms. The molecule has 0 amide bonds. The smallest absolute Gasteiger partial charge is 0.242 e. The Kier molecular flexibility index (Phi) is 10.0. The molecule has 2 aromatic heterocycles. The lowest BCUT2D eigenvalue weighted by Gasteiger charge is -2.12. The first-order chi connectivity index (χ1) is 17.8. The number of nitrogens with zero attached hydrogens (tertiary/aromatic N) is 2. The average Bonchev–Trinajstić information content (AvgIpc) is 3.77. The van der Waals surface area contributed by atoms with Crippen LogP contribution in [0.25, 0.3) is 21.6 Å². The lowest BCUT2D eigenvalue weighted by atomic mass is 10.0. The second kappa shape index (κ2) is 12.6. The molecule has 0 saturated heterocycles. The molecule has 5 rings (SSSR count). The molecule has 2 heterocycles. The standard InChI is InChI=1S/C15H14N2OS.C7H12O2.C6H13NO2S/c1-10(2)18-15-14(13-8-5-9-19-13)16-11-6-3-4-7-12(11)17-15;1-5(2)6(8)7(9)3-4-7;1-5(2)7-10(8,9)6-3-4-6/h3-10H,1-2H3;5,9H,3-4H2,1-2H3;5-7H,3-4H2,1-2H3. The van der Waals surface area contributed by atoms with Crippen LogP contribution < -0.4 is 9.46 Å². The fourth-order valence-electron chi connectivity index (χ4n) is 3.57. The van der Waals surface area contributed by atoms with Gasteiger partial charge in [0.2, 0.25) is 15.9 Å². The van der Waals surface area contributed by atoms with Crippen LogP contribution in [0.15, 0.2) is 41.8 Å². The van der Waals surface area contributed by atoms with Gasteiger partial charge < -0.3 is 9.84 Å². The van der Waals surface area contributed by atoms with Gasteiger partial charge in [-0.1, -0.05) is 32.0 Å². The molecule has 1 aromatic carbocycles. The minimum atomic E-state index is -2.94. The van der Waals surface area contributed by atoms with Crippen molar-refractivity contribution in [3.63, 3.8) is 0 Å². The summed E-state index contributed by atoms with van der Waals surface area (Å²) >= 11 is 1.64. The number of carbonyl (C=O) groups is 1.